The number of ether oxygens (including phenoxy) is 2. The Balaban J connectivity index is 3.22. The molecule has 3 heteroatoms. The quantitative estimate of drug-likeness (QED) is 0.779. The Kier molecular flexibility index (Phi) is 2.98. The maximum Gasteiger partial charge on any atom is 0.126 e. The smallest absolute Gasteiger partial charge is 0.126 e. The van der Waals surface area contributed by atoms with Gasteiger partial charge in [0.2, 0.25) is 0 Å². The molecule has 0 spiro atoms. The topological polar surface area (TPSA) is 18.5 Å². The molecule has 1 aromatic carbocycles. The minimum Gasteiger partial charge on any atom is -0.496 e. The van der Waals surface area contributed by atoms with Crippen molar-refractivity contribution in [3.8, 4) is 11.5 Å². The van der Waals surface area contributed by atoms with Gasteiger partial charge in [0, 0.05) is 10.0 Å². The van der Waals surface area contributed by atoms with Crippen LogP contribution in [0.25, 0.3) is 0 Å². The Morgan fingerprint density at radius 1 is 1.08 bits per heavy atom. The Bertz CT molecular complexity index is 259. The monoisotopic (exact) mass is 230 g/mol. The van der Waals surface area contributed by atoms with Gasteiger partial charge >= 0.3 is 0 Å². The molecular weight excluding hydrogens is 220 g/mol. The summed E-state index contributed by atoms with van der Waals surface area (Å²) in [5.41, 5.74) is 1.02. The molecule has 12 heavy (non-hydrogen) atoms. The Morgan fingerprint density at radius 3 is 1.83 bits per heavy atom. The van der Waals surface area contributed by atoms with Crippen molar-refractivity contribution in [2.75, 3.05) is 14.2 Å². The van der Waals surface area contributed by atoms with Crippen LogP contribution in [0.3, 0.4) is 0 Å². The van der Waals surface area contributed by atoms with Gasteiger partial charge in [-0.15, -0.1) is 0 Å². The summed E-state index contributed by atoms with van der Waals surface area (Å²) >= 11 is 3.37. The fraction of sp³-hybridized carbons (Fsp3) is 0.333. The molecule has 0 aliphatic carbocycles. The summed E-state index contributed by atoms with van der Waals surface area (Å²) in [6, 6.07) is 3.83. The molecule has 0 aromatic heterocycles. The zero-order chi connectivity index (χ0) is 9.14. The third-order valence-electron chi connectivity index (χ3n) is 1.72. The molecule has 0 aliphatic rings. The molecule has 0 saturated carbocycles. The van der Waals surface area contributed by atoms with E-state index in [0.29, 0.717) is 0 Å². The van der Waals surface area contributed by atoms with Gasteiger partial charge in [-0.2, -0.15) is 0 Å². The summed E-state index contributed by atoms with van der Waals surface area (Å²) in [5, 5.41) is 0. The van der Waals surface area contributed by atoms with Crippen molar-refractivity contribution in [1.82, 2.24) is 0 Å². The van der Waals surface area contributed by atoms with Gasteiger partial charge in [-0.25, -0.2) is 0 Å². The molecule has 0 saturated heterocycles. The van der Waals surface area contributed by atoms with Gasteiger partial charge < -0.3 is 9.47 Å². The number of benzene rings is 1. The first kappa shape index (κ1) is 9.39. The van der Waals surface area contributed by atoms with Crippen molar-refractivity contribution in [3.05, 3.63) is 22.2 Å². The molecule has 0 atom stereocenters. The molecule has 1 aromatic rings. The second kappa shape index (κ2) is 3.81. The largest absolute Gasteiger partial charge is 0.496 e. The molecule has 0 fully saturated rings. The van der Waals surface area contributed by atoms with Crippen molar-refractivity contribution >= 4 is 15.9 Å². The number of hydrogen-bond acceptors (Lipinski definition) is 2. The van der Waals surface area contributed by atoms with E-state index >= 15 is 0 Å². The van der Waals surface area contributed by atoms with E-state index < -0.39 is 0 Å². The van der Waals surface area contributed by atoms with Crippen LogP contribution in [0.5, 0.6) is 11.5 Å². The second-order valence-corrected chi connectivity index (χ2v) is 3.35. The van der Waals surface area contributed by atoms with Gasteiger partial charge in [0.1, 0.15) is 11.5 Å². The molecule has 0 aliphatic heterocycles. The van der Waals surface area contributed by atoms with Crippen LogP contribution in [0, 0.1) is 6.92 Å². The van der Waals surface area contributed by atoms with Crippen molar-refractivity contribution < 1.29 is 9.47 Å². The number of halogens is 1. The number of methoxy groups -OCH3 is 2. The van der Waals surface area contributed by atoms with Crippen LogP contribution in [0.1, 0.15) is 5.56 Å². The SMILES string of the molecule is COc1cc(Br)cc(OC)c1C. The van der Waals surface area contributed by atoms with E-state index in [1.165, 1.54) is 0 Å². The third-order valence-corrected chi connectivity index (χ3v) is 2.17. The van der Waals surface area contributed by atoms with Crippen molar-refractivity contribution in [2.45, 2.75) is 6.92 Å². The summed E-state index contributed by atoms with van der Waals surface area (Å²) in [5.74, 6) is 1.67. The highest BCUT2D eigenvalue weighted by Gasteiger charge is 2.05. The summed E-state index contributed by atoms with van der Waals surface area (Å²) < 4.78 is 11.3. The molecule has 66 valence electrons. The average molecular weight is 231 g/mol. The first-order valence-corrected chi connectivity index (χ1v) is 4.36. The molecule has 0 heterocycles. The van der Waals surface area contributed by atoms with Gasteiger partial charge in [0.05, 0.1) is 14.2 Å². The molecular formula is C9H11BrO2. The highest BCUT2D eigenvalue weighted by molar-refractivity contribution is 9.10. The maximum atomic E-state index is 5.16. The van der Waals surface area contributed by atoms with E-state index in [-0.39, 0.29) is 0 Å². The van der Waals surface area contributed by atoms with Crippen LogP contribution in [0.4, 0.5) is 0 Å². The normalized spacial score (nSPS) is 9.67. The summed E-state index contributed by atoms with van der Waals surface area (Å²) in [6.45, 7) is 1.96. The highest BCUT2D eigenvalue weighted by atomic mass is 79.9. The van der Waals surface area contributed by atoms with E-state index in [9.17, 15) is 0 Å². The lowest BCUT2D eigenvalue weighted by atomic mass is 10.2. The second-order valence-electron chi connectivity index (χ2n) is 2.44. The third kappa shape index (κ3) is 1.72. The first-order chi connectivity index (χ1) is 5.69. The lowest BCUT2D eigenvalue weighted by Crippen LogP contribution is -1.92. The lowest BCUT2D eigenvalue weighted by molar-refractivity contribution is 0.388. The Morgan fingerprint density at radius 2 is 1.50 bits per heavy atom. The molecule has 0 unspecified atom stereocenters. The zero-order valence-corrected chi connectivity index (χ0v) is 8.94. The summed E-state index contributed by atoms with van der Waals surface area (Å²) in [4.78, 5) is 0. The van der Waals surface area contributed by atoms with Gasteiger partial charge in [-0.05, 0) is 19.1 Å². The maximum absolute atomic E-state index is 5.16. The van der Waals surface area contributed by atoms with Gasteiger partial charge in [0.15, 0.2) is 0 Å². The van der Waals surface area contributed by atoms with Crippen LogP contribution in [0.2, 0.25) is 0 Å². The van der Waals surface area contributed by atoms with Crippen molar-refractivity contribution in [1.29, 1.82) is 0 Å². The predicted molar refractivity (Wildman–Crippen MR) is 52.0 cm³/mol. The van der Waals surface area contributed by atoms with Gasteiger partial charge in [0.25, 0.3) is 0 Å². The van der Waals surface area contributed by atoms with E-state index in [1.807, 2.05) is 19.1 Å². The Labute approximate surface area is 80.6 Å². The zero-order valence-electron chi connectivity index (χ0n) is 7.35. The summed E-state index contributed by atoms with van der Waals surface area (Å²) in [7, 11) is 3.29. The van der Waals surface area contributed by atoms with E-state index in [1.54, 1.807) is 14.2 Å². The van der Waals surface area contributed by atoms with E-state index in [0.717, 1.165) is 21.5 Å². The molecule has 0 N–H and O–H groups in total. The van der Waals surface area contributed by atoms with Crippen LogP contribution in [-0.4, -0.2) is 14.2 Å². The average Bonchev–Trinajstić information content (AvgIpc) is 2.08. The fourth-order valence-electron chi connectivity index (χ4n) is 1.05. The Hall–Kier alpha value is -0.700. The first-order valence-electron chi connectivity index (χ1n) is 3.57. The molecule has 2 nitrogen and oxygen atoms in total. The van der Waals surface area contributed by atoms with E-state index in [2.05, 4.69) is 15.9 Å². The molecule has 1 rings (SSSR count). The molecule has 0 amide bonds. The fourth-order valence-corrected chi connectivity index (χ4v) is 1.47. The van der Waals surface area contributed by atoms with E-state index in [4.69, 9.17) is 9.47 Å². The standard InChI is InChI=1S/C9H11BrO2/c1-6-8(11-2)4-7(10)5-9(6)12-3/h4-5H,1-3H3. The van der Waals surface area contributed by atoms with Crippen LogP contribution in [0.15, 0.2) is 16.6 Å². The number of hydrogen-bond donors (Lipinski definition) is 0. The molecule has 0 bridgehead atoms. The minimum atomic E-state index is 0.834. The van der Waals surface area contributed by atoms with Crippen LogP contribution < -0.4 is 9.47 Å². The van der Waals surface area contributed by atoms with Gasteiger partial charge in [-0.1, -0.05) is 15.9 Å². The lowest BCUT2D eigenvalue weighted by Gasteiger charge is -2.09. The van der Waals surface area contributed by atoms with Crippen molar-refractivity contribution in [2.24, 2.45) is 0 Å². The molecule has 0 radical (unpaired) electrons. The van der Waals surface area contributed by atoms with Gasteiger partial charge in [-0.3, -0.25) is 0 Å². The number of rotatable bonds is 2. The minimum absolute atomic E-state index is 0.834. The van der Waals surface area contributed by atoms with Crippen molar-refractivity contribution in [3.63, 3.8) is 0 Å². The summed E-state index contributed by atoms with van der Waals surface area (Å²) in [6.07, 6.45) is 0. The highest BCUT2D eigenvalue weighted by Crippen LogP contribution is 2.31. The van der Waals surface area contributed by atoms with Crippen LogP contribution >= 0.6 is 15.9 Å². The predicted octanol–water partition coefficient (Wildman–Crippen LogP) is 2.77. The van der Waals surface area contributed by atoms with Crippen LogP contribution in [-0.2, 0) is 0 Å².